The lowest BCUT2D eigenvalue weighted by molar-refractivity contribution is 0.476. The highest BCUT2D eigenvalue weighted by Crippen LogP contribution is 2.21. The molecule has 0 saturated heterocycles. The molecule has 0 aliphatic carbocycles. The summed E-state index contributed by atoms with van der Waals surface area (Å²) in [4.78, 5) is 0. The summed E-state index contributed by atoms with van der Waals surface area (Å²) in [6, 6.07) is 8.71. The molecule has 0 radical (unpaired) electrons. The Balaban J connectivity index is 2.82. The Kier molecular flexibility index (Phi) is 3.70. The average molecular weight is 191 g/mol. The van der Waals surface area contributed by atoms with E-state index in [1.54, 1.807) is 0 Å². The van der Waals surface area contributed by atoms with Gasteiger partial charge in [0, 0.05) is 5.54 Å². The van der Waals surface area contributed by atoms with E-state index in [-0.39, 0.29) is 5.54 Å². The van der Waals surface area contributed by atoms with Crippen molar-refractivity contribution in [1.29, 1.82) is 0 Å². The van der Waals surface area contributed by atoms with Gasteiger partial charge in [-0.3, -0.25) is 0 Å². The number of rotatable bonds is 4. The van der Waals surface area contributed by atoms with Crippen LogP contribution in [-0.4, -0.2) is 0 Å². The number of aryl methyl sites for hydroxylation is 1. The van der Waals surface area contributed by atoms with Crippen LogP contribution in [0.15, 0.2) is 24.3 Å². The normalized spacial score (nSPS) is 15.1. The van der Waals surface area contributed by atoms with Crippen LogP contribution in [0.4, 0.5) is 0 Å². The van der Waals surface area contributed by atoms with Crippen LogP contribution in [0.3, 0.4) is 0 Å². The minimum Gasteiger partial charge on any atom is -0.322 e. The number of hydrogen-bond acceptors (Lipinski definition) is 1. The third-order valence-corrected chi connectivity index (χ3v) is 2.89. The molecule has 1 aromatic rings. The van der Waals surface area contributed by atoms with E-state index in [1.165, 1.54) is 17.5 Å². The average Bonchev–Trinajstić information content (AvgIpc) is 2.19. The first-order chi connectivity index (χ1) is 6.60. The Morgan fingerprint density at radius 1 is 1.14 bits per heavy atom. The van der Waals surface area contributed by atoms with Crippen molar-refractivity contribution in [3.8, 4) is 0 Å². The summed E-state index contributed by atoms with van der Waals surface area (Å²) in [5.41, 5.74) is 8.63. The molecule has 0 aromatic heterocycles. The SMILES string of the molecule is CCCc1ccc(C(C)(N)CC)cc1. The zero-order chi connectivity index (χ0) is 10.6. The molecule has 2 N–H and O–H groups in total. The van der Waals surface area contributed by atoms with E-state index in [1.807, 2.05) is 0 Å². The molecule has 78 valence electrons. The minimum atomic E-state index is -0.176. The monoisotopic (exact) mass is 191 g/mol. The fraction of sp³-hybridized carbons (Fsp3) is 0.538. The van der Waals surface area contributed by atoms with Crippen molar-refractivity contribution in [2.75, 3.05) is 0 Å². The summed E-state index contributed by atoms with van der Waals surface area (Å²) < 4.78 is 0. The summed E-state index contributed by atoms with van der Waals surface area (Å²) in [5.74, 6) is 0. The van der Waals surface area contributed by atoms with E-state index in [4.69, 9.17) is 5.73 Å². The molecule has 0 aliphatic rings. The van der Waals surface area contributed by atoms with Crippen molar-refractivity contribution in [2.24, 2.45) is 5.73 Å². The first-order valence-electron chi connectivity index (χ1n) is 5.48. The number of nitrogens with two attached hydrogens (primary N) is 1. The molecule has 0 bridgehead atoms. The lowest BCUT2D eigenvalue weighted by atomic mass is 9.90. The van der Waals surface area contributed by atoms with Crippen molar-refractivity contribution in [2.45, 2.75) is 45.6 Å². The molecule has 0 amide bonds. The number of benzene rings is 1. The molecule has 1 nitrogen and oxygen atoms in total. The lowest BCUT2D eigenvalue weighted by Crippen LogP contribution is -2.31. The zero-order valence-electron chi connectivity index (χ0n) is 9.51. The van der Waals surface area contributed by atoms with Gasteiger partial charge in [-0.25, -0.2) is 0 Å². The molecule has 0 fully saturated rings. The largest absolute Gasteiger partial charge is 0.322 e. The van der Waals surface area contributed by atoms with Gasteiger partial charge >= 0.3 is 0 Å². The molecule has 1 atom stereocenters. The van der Waals surface area contributed by atoms with E-state index in [0.29, 0.717) is 0 Å². The highest BCUT2D eigenvalue weighted by Gasteiger charge is 2.17. The maximum absolute atomic E-state index is 6.16. The van der Waals surface area contributed by atoms with Gasteiger partial charge in [0.05, 0.1) is 0 Å². The van der Waals surface area contributed by atoms with E-state index in [2.05, 4.69) is 45.0 Å². The molecule has 1 rings (SSSR count). The topological polar surface area (TPSA) is 26.0 Å². The van der Waals surface area contributed by atoms with Gasteiger partial charge in [0.25, 0.3) is 0 Å². The van der Waals surface area contributed by atoms with Gasteiger partial charge in [-0.05, 0) is 30.9 Å². The van der Waals surface area contributed by atoms with Crippen LogP contribution >= 0.6 is 0 Å². The third kappa shape index (κ3) is 2.58. The molecule has 14 heavy (non-hydrogen) atoms. The Hall–Kier alpha value is -0.820. The van der Waals surface area contributed by atoms with Crippen LogP contribution in [-0.2, 0) is 12.0 Å². The summed E-state index contributed by atoms with van der Waals surface area (Å²) in [5, 5.41) is 0. The highest BCUT2D eigenvalue weighted by atomic mass is 14.7. The molecule has 0 aliphatic heterocycles. The second-order valence-electron chi connectivity index (χ2n) is 4.22. The second kappa shape index (κ2) is 4.61. The smallest absolute Gasteiger partial charge is 0.0378 e. The van der Waals surface area contributed by atoms with Gasteiger partial charge in [-0.15, -0.1) is 0 Å². The summed E-state index contributed by atoms with van der Waals surface area (Å²) in [7, 11) is 0. The van der Waals surface area contributed by atoms with Gasteiger partial charge < -0.3 is 5.73 Å². The van der Waals surface area contributed by atoms with Crippen molar-refractivity contribution >= 4 is 0 Å². The predicted octanol–water partition coefficient (Wildman–Crippen LogP) is 3.22. The lowest BCUT2D eigenvalue weighted by Gasteiger charge is -2.23. The maximum atomic E-state index is 6.16. The van der Waals surface area contributed by atoms with Gasteiger partial charge in [0.1, 0.15) is 0 Å². The summed E-state index contributed by atoms with van der Waals surface area (Å²) >= 11 is 0. The maximum Gasteiger partial charge on any atom is 0.0378 e. The molecule has 0 saturated carbocycles. The van der Waals surface area contributed by atoms with Crippen LogP contribution in [0, 0.1) is 0 Å². The van der Waals surface area contributed by atoms with Crippen LogP contribution < -0.4 is 5.73 Å². The highest BCUT2D eigenvalue weighted by molar-refractivity contribution is 5.27. The fourth-order valence-corrected chi connectivity index (χ4v) is 1.54. The van der Waals surface area contributed by atoms with Gasteiger partial charge in [-0.2, -0.15) is 0 Å². The Bertz CT molecular complexity index is 272. The van der Waals surface area contributed by atoms with E-state index < -0.39 is 0 Å². The van der Waals surface area contributed by atoms with Gasteiger partial charge in [0.15, 0.2) is 0 Å². The van der Waals surface area contributed by atoms with Gasteiger partial charge in [0.2, 0.25) is 0 Å². The van der Waals surface area contributed by atoms with Crippen molar-refractivity contribution in [3.63, 3.8) is 0 Å². The van der Waals surface area contributed by atoms with Crippen LogP contribution in [0.25, 0.3) is 0 Å². The first-order valence-corrected chi connectivity index (χ1v) is 5.48. The van der Waals surface area contributed by atoms with Crippen LogP contribution in [0.2, 0.25) is 0 Å². The van der Waals surface area contributed by atoms with Crippen LogP contribution in [0.1, 0.15) is 44.7 Å². The first kappa shape index (κ1) is 11.3. The van der Waals surface area contributed by atoms with E-state index in [0.717, 1.165) is 12.8 Å². The Labute approximate surface area is 87.3 Å². The number of hydrogen-bond donors (Lipinski definition) is 1. The standard InChI is InChI=1S/C13H21N/c1-4-6-11-7-9-12(10-8-11)13(3,14)5-2/h7-10H,4-6,14H2,1-3H3. The van der Waals surface area contributed by atoms with Crippen molar-refractivity contribution < 1.29 is 0 Å². The minimum absolute atomic E-state index is 0.176. The Morgan fingerprint density at radius 3 is 2.14 bits per heavy atom. The Morgan fingerprint density at radius 2 is 1.71 bits per heavy atom. The summed E-state index contributed by atoms with van der Waals surface area (Å²) in [6.45, 7) is 6.41. The molecular weight excluding hydrogens is 170 g/mol. The third-order valence-electron chi connectivity index (χ3n) is 2.89. The van der Waals surface area contributed by atoms with Gasteiger partial charge in [-0.1, -0.05) is 44.5 Å². The zero-order valence-corrected chi connectivity index (χ0v) is 9.51. The second-order valence-corrected chi connectivity index (χ2v) is 4.22. The molecule has 1 unspecified atom stereocenters. The molecular formula is C13H21N. The van der Waals surface area contributed by atoms with Crippen molar-refractivity contribution in [3.05, 3.63) is 35.4 Å². The van der Waals surface area contributed by atoms with Crippen molar-refractivity contribution in [1.82, 2.24) is 0 Å². The molecule has 1 aromatic carbocycles. The summed E-state index contributed by atoms with van der Waals surface area (Å²) in [6.07, 6.45) is 3.33. The van der Waals surface area contributed by atoms with E-state index >= 15 is 0 Å². The predicted molar refractivity (Wildman–Crippen MR) is 62.3 cm³/mol. The van der Waals surface area contributed by atoms with Crippen LogP contribution in [0.5, 0.6) is 0 Å². The molecule has 1 heteroatoms. The van der Waals surface area contributed by atoms with E-state index in [9.17, 15) is 0 Å². The molecule has 0 heterocycles. The fourth-order valence-electron chi connectivity index (χ4n) is 1.54. The quantitative estimate of drug-likeness (QED) is 0.777. The molecule has 0 spiro atoms.